The van der Waals surface area contributed by atoms with E-state index >= 15 is 0 Å². The molecule has 176 valence electrons. The summed E-state index contributed by atoms with van der Waals surface area (Å²) in [6, 6.07) is 9.64. The smallest absolute Gasteiger partial charge is 0.342 e. The van der Waals surface area contributed by atoms with Crippen LogP contribution in [-0.2, 0) is 9.53 Å². The lowest BCUT2D eigenvalue weighted by Gasteiger charge is -2.40. The Morgan fingerprint density at radius 1 is 1.15 bits per heavy atom. The average Bonchev–Trinajstić information content (AvgIpc) is 2.81. The van der Waals surface area contributed by atoms with Crippen LogP contribution in [0.1, 0.15) is 59.1 Å². The number of aryl methyl sites for hydroxylation is 1. The summed E-state index contributed by atoms with van der Waals surface area (Å²) in [6.45, 7) is 8.59. The van der Waals surface area contributed by atoms with Crippen LogP contribution in [0, 0.1) is 6.92 Å². The highest BCUT2D eigenvalue weighted by Crippen LogP contribution is 2.24. The van der Waals surface area contributed by atoms with Gasteiger partial charge in [0, 0.05) is 30.6 Å². The van der Waals surface area contributed by atoms with E-state index in [9.17, 15) is 14.4 Å². The third-order valence-corrected chi connectivity index (χ3v) is 6.53. The monoisotopic (exact) mass is 470 g/mol. The van der Waals surface area contributed by atoms with Crippen molar-refractivity contribution in [2.75, 3.05) is 32.5 Å². The Hall–Kier alpha value is -2.94. The Morgan fingerprint density at radius 3 is 2.45 bits per heavy atom. The van der Waals surface area contributed by atoms with Crippen LogP contribution in [0.25, 0.3) is 0 Å². The maximum Gasteiger partial charge on any atom is 0.342 e. The summed E-state index contributed by atoms with van der Waals surface area (Å²) in [6.07, 6.45) is 0. The van der Waals surface area contributed by atoms with Crippen molar-refractivity contribution < 1.29 is 19.1 Å². The molecule has 3 rings (SSSR count). The fourth-order valence-electron chi connectivity index (χ4n) is 3.88. The van der Waals surface area contributed by atoms with Crippen molar-refractivity contribution >= 4 is 29.5 Å². The first-order valence-corrected chi connectivity index (χ1v) is 11.9. The summed E-state index contributed by atoms with van der Waals surface area (Å²) in [5, 5.41) is 0. The summed E-state index contributed by atoms with van der Waals surface area (Å²) in [5.41, 5.74) is 0.677. The molecule has 1 saturated heterocycles. The van der Waals surface area contributed by atoms with Gasteiger partial charge in [-0.2, -0.15) is 0 Å². The standard InChI is InChI=1S/C24H30N4O4S/c1-15(2)21-20(24(31)32-5)22(26-17(4)25-21)23(30)27-11-12-28(16(3)13-27)19(29)14-33-18-9-7-6-8-10-18/h6-10,15-16H,11-14H2,1-5H3. The largest absolute Gasteiger partial charge is 0.465 e. The molecule has 1 aromatic carbocycles. The molecule has 9 heteroatoms. The number of benzene rings is 1. The van der Waals surface area contributed by atoms with E-state index in [-0.39, 0.29) is 35.0 Å². The zero-order valence-corrected chi connectivity index (χ0v) is 20.5. The highest BCUT2D eigenvalue weighted by Gasteiger charge is 2.34. The van der Waals surface area contributed by atoms with E-state index in [1.54, 1.807) is 11.8 Å². The molecular weight excluding hydrogens is 440 g/mol. The summed E-state index contributed by atoms with van der Waals surface area (Å²) < 4.78 is 4.93. The van der Waals surface area contributed by atoms with Gasteiger partial charge in [-0.3, -0.25) is 9.59 Å². The Labute approximate surface area is 198 Å². The first-order valence-electron chi connectivity index (χ1n) is 11.0. The molecule has 1 unspecified atom stereocenters. The number of methoxy groups -OCH3 is 1. The van der Waals surface area contributed by atoms with Gasteiger partial charge in [0.05, 0.1) is 18.6 Å². The molecule has 1 aliphatic rings. The van der Waals surface area contributed by atoms with Gasteiger partial charge in [-0.25, -0.2) is 14.8 Å². The van der Waals surface area contributed by atoms with Gasteiger partial charge in [-0.05, 0) is 31.9 Å². The van der Waals surface area contributed by atoms with Gasteiger partial charge >= 0.3 is 5.97 Å². The molecule has 0 N–H and O–H groups in total. The van der Waals surface area contributed by atoms with Crippen molar-refractivity contribution in [2.24, 2.45) is 0 Å². The minimum Gasteiger partial charge on any atom is -0.465 e. The summed E-state index contributed by atoms with van der Waals surface area (Å²) in [4.78, 5) is 51.9. The predicted octanol–water partition coefficient (Wildman–Crippen LogP) is 3.16. The van der Waals surface area contributed by atoms with Crippen molar-refractivity contribution in [3.8, 4) is 0 Å². The molecule has 0 spiro atoms. The molecule has 1 aliphatic heterocycles. The van der Waals surface area contributed by atoms with Gasteiger partial charge in [0.2, 0.25) is 5.91 Å². The molecule has 0 saturated carbocycles. The van der Waals surface area contributed by atoms with E-state index in [1.165, 1.54) is 18.9 Å². The lowest BCUT2D eigenvalue weighted by atomic mass is 10.0. The van der Waals surface area contributed by atoms with E-state index < -0.39 is 5.97 Å². The Balaban J connectivity index is 1.74. The molecule has 2 aromatic rings. The zero-order chi connectivity index (χ0) is 24.1. The first-order chi connectivity index (χ1) is 15.7. The molecule has 0 radical (unpaired) electrons. The van der Waals surface area contributed by atoms with Crippen molar-refractivity contribution in [1.82, 2.24) is 19.8 Å². The third kappa shape index (κ3) is 5.71. The van der Waals surface area contributed by atoms with Crippen molar-refractivity contribution in [1.29, 1.82) is 0 Å². The molecule has 8 nitrogen and oxygen atoms in total. The lowest BCUT2D eigenvalue weighted by molar-refractivity contribution is -0.132. The average molecular weight is 471 g/mol. The van der Waals surface area contributed by atoms with Crippen LogP contribution >= 0.6 is 11.8 Å². The Morgan fingerprint density at radius 2 is 1.85 bits per heavy atom. The minimum absolute atomic E-state index is 0.0404. The van der Waals surface area contributed by atoms with E-state index in [0.29, 0.717) is 36.9 Å². The predicted molar refractivity (Wildman–Crippen MR) is 126 cm³/mol. The highest BCUT2D eigenvalue weighted by atomic mass is 32.2. The molecule has 33 heavy (non-hydrogen) atoms. The van der Waals surface area contributed by atoms with Gasteiger partial charge in [0.15, 0.2) is 0 Å². The molecule has 1 aromatic heterocycles. The van der Waals surface area contributed by atoms with Crippen molar-refractivity contribution in [3.05, 3.63) is 53.1 Å². The molecule has 0 aliphatic carbocycles. The first kappa shape index (κ1) is 24.7. The van der Waals surface area contributed by atoms with E-state index in [1.807, 2.05) is 56.0 Å². The van der Waals surface area contributed by atoms with Gasteiger partial charge in [0.1, 0.15) is 17.1 Å². The molecular formula is C24H30N4O4S. The maximum atomic E-state index is 13.4. The van der Waals surface area contributed by atoms with Crippen LogP contribution < -0.4 is 0 Å². The topological polar surface area (TPSA) is 92.7 Å². The quantitative estimate of drug-likeness (QED) is 0.473. The summed E-state index contributed by atoms with van der Waals surface area (Å²) in [7, 11) is 1.28. The molecule has 1 atom stereocenters. The van der Waals surface area contributed by atoms with E-state index in [0.717, 1.165) is 4.90 Å². The van der Waals surface area contributed by atoms with Crippen LogP contribution in [-0.4, -0.2) is 76.1 Å². The normalized spacial score (nSPS) is 16.1. The number of rotatable bonds is 6. The highest BCUT2D eigenvalue weighted by molar-refractivity contribution is 8.00. The number of carbonyl (C=O) groups excluding carboxylic acids is 3. The van der Waals surface area contributed by atoms with Crippen LogP contribution in [0.2, 0.25) is 0 Å². The third-order valence-electron chi connectivity index (χ3n) is 5.53. The summed E-state index contributed by atoms with van der Waals surface area (Å²) in [5.74, 6) is -0.240. The minimum atomic E-state index is -0.623. The lowest BCUT2D eigenvalue weighted by Crippen LogP contribution is -2.56. The SMILES string of the molecule is COC(=O)c1c(C(=O)N2CCN(C(=O)CSc3ccccc3)C(C)C2)nc(C)nc1C(C)C. The zero-order valence-electron chi connectivity index (χ0n) is 19.7. The number of thioether (sulfide) groups is 1. The van der Waals surface area contributed by atoms with Crippen molar-refractivity contribution in [3.63, 3.8) is 0 Å². The maximum absolute atomic E-state index is 13.4. The molecule has 2 amide bonds. The van der Waals surface area contributed by atoms with Crippen LogP contribution in [0.4, 0.5) is 0 Å². The van der Waals surface area contributed by atoms with E-state index in [2.05, 4.69) is 9.97 Å². The second-order valence-corrected chi connectivity index (χ2v) is 9.36. The van der Waals surface area contributed by atoms with Gasteiger partial charge in [-0.1, -0.05) is 32.0 Å². The fourth-order valence-corrected chi connectivity index (χ4v) is 4.68. The molecule has 1 fully saturated rings. The van der Waals surface area contributed by atoms with Gasteiger partial charge in [0.25, 0.3) is 5.91 Å². The number of aromatic nitrogens is 2. The van der Waals surface area contributed by atoms with Crippen molar-refractivity contribution in [2.45, 2.75) is 44.6 Å². The van der Waals surface area contributed by atoms with Crippen LogP contribution in [0.15, 0.2) is 35.2 Å². The second-order valence-electron chi connectivity index (χ2n) is 8.31. The Kier molecular flexibility index (Phi) is 8.07. The number of amides is 2. The number of hydrogen-bond acceptors (Lipinski definition) is 7. The number of ether oxygens (including phenoxy) is 1. The molecule has 2 heterocycles. The second kappa shape index (κ2) is 10.8. The van der Waals surface area contributed by atoms with Gasteiger partial charge < -0.3 is 14.5 Å². The van der Waals surface area contributed by atoms with Crippen LogP contribution in [0.5, 0.6) is 0 Å². The molecule has 0 bridgehead atoms. The number of carbonyl (C=O) groups is 3. The van der Waals surface area contributed by atoms with E-state index in [4.69, 9.17) is 4.74 Å². The number of hydrogen-bond donors (Lipinski definition) is 0. The number of esters is 1. The number of piperazine rings is 1. The summed E-state index contributed by atoms with van der Waals surface area (Å²) >= 11 is 1.50. The van der Waals surface area contributed by atoms with Crippen LogP contribution in [0.3, 0.4) is 0 Å². The Bertz CT molecular complexity index is 1030. The number of nitrogens with zero attached hydrogens (tertiary/aromatic N) is 4. The fraction of sp³-hybridized carbons (Fsp3) is 0.458. The van der Waals surface area contributed by atoms with Gasteiger partial charge in [-0.15, -0.1) is 11.8 Å².